The molecular weight excluding hydrogens is 498 g/mol. The molecule has 0 bridgehead atoms. The summed E-state index contributed by atoms with van der Waals surface area (Å²) < 4.78 is 0. The van der Waals surface area contributed by atoms with Crippen LogP contribution in [0.3, 0.4) is 0 Å². The number of aromatic nitrogens is 3. The highest BCUT2D eigenvalue weighted by Crippen LogP contribution is 2.58. The van der Waals surface area contributed by atoms with E-state index in [1.54, 1.807) is 6.20 Å². The number of halogens is 1. The van der Waals surface area contributed by atoms with Gasteiger partial charge in [0.25, 0.3) is 0 Å². The van der Waals surface area contributed by atoms with E-state index in [-0.39, 0.29) is 23.3 Å². The molecule has 8 heteroatoms. The third kappa shape index (κ3) is 5.94. The lowest BCUT2D eigenvalue weighted by Crippen LogP contribution is -2.35. The Kier molecular flexibility index (Phi) is 8.15. The number of amides is 1. The van der Waals surface area contributed by atoms with Crippen LogP contribution >= 0.6 is 11.6 Å². The fourth-order valence-electron chi connectivity index (χ4n) is 5.87. The average molecular weight is 536 g/mol. The molecule has 5 rings (SSSR count). The van der Waals surface area contributed by atoms with Crippen LogP contribution < -0.4 is 10.6 Å². The van der Waals surface area contributed by atoms with Gasteiger partial charge in [-0.25, -0.2) is 4.98 Å². The van der Waals surface area contributed by atoms with E-state index in [0.717, 1.165) is 91.7 Å². The van der Waals surface area contributed by atoms with Crippen LogP contribution in [0, 0.1) is 18.3 Å². The highest BCUT2D eigenvalue weighted by molar-refractivity contribution is 6.34. The first-order valence-electron chi connectivity index (χ1n) is 14.0. The highest BCUT2D eigenvalue weighted by Gasteiger charge is 2.57. The summed E-state index contributed by atoms with van der Waals surface area (Å²) >= 11 is 6.66. The van der Waals surface area contributed by atoms with E-state index in [1.165, 1.54) is 0 Å². The normalized spacial score (nSPS) is 19.0. The maximum atomic E-state index is 13.3. The van der Waals surface area contributed by atoms with Crippen LogP contribution in [0.25, 0.3) is 22.2 Å². The second-order valence-electron chi connectivity index (χ2n) is 11.1. The van der Waals surface area contributed by atoms with Crippen molar-refractivity contribution >= 4 is 34.2 Å². The molecule has 7 nitrogen and oxygen atoms in total. The largest absolute Gasteiger partial charge is 0.346 e. The summed E-state index contributed by atoms with van der Waals surface area (Å²) in [5.74, 6) is 1.29. The van der Waals surface area contributed by atoms with Crippen molar-refractivity contribution in [3.8, 4) is 11.3 Å². The topological polar surface area (TPSA) is 99.8 Å². The number of hydrogen-bond donors (Lipinski definition) is 3. The molecule has 1 spiro atoms. The van der Waals surface area contributed by atoms with Gasteiger partial charge in [0.05, 0.1) is 28.5 Å². The van der Waals surface area contributed by atoms with Gasteiger partial charge in [-0.2, -0.15) is 0 Å². The molecular formula is C30H38ClN5O2. The van der Waals surface area contributed by atoms with E-state index in [2.05, 4.69) is 20.6 Å². The number of carbonyl (C=O) groups is 2. The van der Waals surface area contributed by atoms with E-state index >= 15 is 0 Å². The molecule has 2 fully saturated rings. The van der Waals surface area contributed by atoms with Gasteiger partial charge in [0.2, 0.25) is 5.91 Å². The van der Waals surface area contributed by atoms with Crippen LogP contribution in [0.4, 0.5) is 0 Å². The SMILES string of the molecule is CCC(=O)CCCCC[C@H](NC(=O)[C@H]1CC12CCNCC2)c1ncc(-c2cc3ccc(C)nc3cc2Cl)[nH]1. The Morgan fingerprint density at radius 1 is 1.18 bits per heavy atom. The van der Waals surface area contributed by atoms with Gasteiger partial charge in [-0.05, 0) is 75.7 Å². The zero-order chi connectivity index (χ0) is 26.7. The first-order valence-corrected chi connectivity index (χ1v) is 14.4. The third-order valence-corrected chi connectivity index (χ3v) is 8.71. The molecule has 3 aromatic rings. The van der Waals surface area contributed by atoms with Crippen molar-refractivity contribution in [2.75, 3.05) is 13.1 Å². The average Bonchev–Trinajstić information content (AvgIpc) is 3.37. The van der Waals surface area contributed by atoms with Crippen molar-refractivity contribution in [1.29, 1.82) is 0 Å². The van der Waals surface area contributed by atoms with Crippen LogP contribution in [0.1, 0.15) is 82.3 Å². The smallest absolute Gasteiger partial charge is 0.224 e. The Bertz CT molecular complexity index is 1310. The second-order valence-corrected chi connectivity index (χ2v) is 11.5. The predicted octanol–water partition coefficient (Wildman–Crippen LogP) is 6.06. The van der Waals surface area contributed by atoms with Gasteiger partial charge >= 0.3 is 0 Å². The third-order valence-electron chi connectivity index (χ3n) is 8.40. The number of nitrogens with zero attached hydrogens (tertiary/aromatic N) is 2. The number of aromatic amines is 1. The number of pyridine rings is 1. The number of hydrogen-bond acceptors (Lipinski definition) is 5. The van der Waals surface area contributed by atoms with Crippen LogP contribution in [-0.4, -0.2) is 39.7 Å². The van der Waals surface area contributed by atoms with Crippen LogP contribution in [-0.2, 0) is 9.59 Å². The second kappa shape index (κ2) is 11.5. The Hall–Kier alpha value is -2.77. The summed E-state index contributed by atoms with van der Waals surface area (Å²) in [6.45, 7) is 5.86. The number of aryl methyl sites for hydroxylation is 1. The minimum atomic E-state index is -0.207. The molecule has 2 aliphatic rings. The number of Topliss-reactive ketones (excluding diaryl/α,β-unsaturated/α-hetero) is 1. The lowest BCUT2D eigenvalue weighted by atomic mass is 9.91. The zero-order valence-electron chi connectivity index (χ0n) is 22.4. The Morgan fingerprint density at radius 2 is 2.00 bits per heavy atom. The van der Waals surface area contributed by atoms with E-state index in [0.29, 0.717) is 23.6 Å². The highest BCUT2D eigenvalue weighted by atomic mass is 35.5. The number of piperidine rings is 1. The number of ketones is 1. The van der Waals surface area contributed by atoms with Gasteiger partial charge < -0.3 is 15.6 Å². The summed E-state index contributed by atoms with van der Waals surface area (Å²) in [5.41, 5.74) is 3.68. The number of unbranched alkanes of at least 4 members (excludes halogenated alkanes) is 2. The Morgan fingerprint density at radius 3 is 2.79 bits per heavy atom. The number of carbonyl (C=O) groups excluding carboxylic acids is 2. The number of nitrogens with one attached hydrogen (secondary N) is 3. The molecule has 1 saturated heterocycles. The molecule has 3 heterocycles. The van der Waals surface area contributed by atoms with E-state index in [1.807, 2.05) is 38.1 Å². The molecule has 1 saturated carbocycles. The van der Waals surface area contributed by atoms with Crippen molar-refractivity contribution in [2.45, 2.75) is 77.7 Å². The molecule has 38 heavy (non-hydrogen) atoms. The fraction of sp³-hybridized carbons (Fsp3) is 0.533. The van der Waals surface area contributed by atoms with Gasteiger partial charge in [-0.3, -0.25) is 14.6 Å². The maximum absolute atomic E-state index is 13.3. The van der Waals surface area contributed by atoms with Gasteiger partial charge in [0, 0.05) is 35.4 Å². The molecule has 2 aromatic heterocycles. The van der Waals surface area contributed by atoms with Gasteiger partial charge in [-0.15, -0.1) is 0 Å². The van der Waals surface area contributed by atoms with Gasteiger partial charge in [-0.1, -0.05) is 37.4 Å². The fourth-order valence-corrected chi connectivity index (χ4v) is 6.13. The standard InChI is InChI=1S/C30H38ClN5O2/c1-3-21(37)7-5-4-6-8-25(36-29(38)23-17-30(23)11-13-32-14-12-30)28-33-18-27(35-28)22-15-20-10-9-19(2)34-26(20)16-24(22)31/h9-10,15-16,18,23,25,32H,3-8,11-14,17H2,1-2H3,(H,33,35)(H,36,38)/t23-,25+/m1/s1. The molecule has 2 atom stereocenters. The number of fused-ring (bicyclic) bond motifs is 1. The maximum Gasteiger partial charge on any atom is 0.224 e. The first-order chi connectivity index (χ1) is 18.4. The van der Waals surface area contributed by atoms with Crippen molar-refractivity contribution < 1.29 is 9.59 Å². The molecule has 3 N–H and O–H groups in total. The van der Waals surface area contributed by atoms with Crippen LogP contribution in [0.15, 0.2) is 30.5 Å². The Balaban J connectivity index is 1.32. The number of rotatable bonds is 11. The number of imidazole rings is 1. The molecule has 1 aliphatic heterocycles. The number of H-pyrrole nitrogens is 1. The van der Waals surface area contributed by atoms with E-state index in [4.69, 9.17) is 16.6 Å². The van der Waals surface area contributed by atoms with Crippen molar-refractivity contribution in [3.63, 3.8) is 0 Å². The van der Waals surface area contributed by atoms with Crippen molar-refractivity contribution in [2.24, 2.45) is 11.3 Å². The molecule has 1 amide bonds. The zero-order valence-corrected chi connectivity index (χ0v) is 23.2. The number of benzene rings is 1. The predicted molar refractivity (Wildman–Crippen MR) is 151 cm³/mol. The molecule has 0 radical (unpaired) electrons. The summed E-state index contributed by atoms with van der Waals surface area (Å²) in [6, 6.07) is 7.76. The van der Waals surface area contributed by atoms with Crippen LogP contribution in [0.2, 0.25) is 5.02 Å². The van der Waals surface area contributed by atoms with Crippen LogP contribution in [0.5, 0.6) is 0 Å². The van der Waals surface area contributed by atoms with E-state index < -0.39 is 0 Å². The summed E-state index contributed by atoms with van der Waals surface area (Å²) in [5, 5.41) is 8.36. The van der Waals surface area contributed by atoms with Crippen molar-refractivity contribution in [1.82, 2.24) is 25.6 Å². The lowest BCUT2D eigenvalue weighted by Gasteiger charge is -2.24. The minimum Gasteiger partial charge on any atom is -0.346 e. The first kappa shape index (κ1) is 26.8. The van der Waals surface area contributed by atoms with E-state index in [9.17, 15) is 9.59 Å². The lowest BCUT2D eigenvalue weighted by molar-refractivity contribution is -0.124. The summed E-state index contributed by atoms with van der Waals surface area (Å²) in [4.78, 5) is 37.7. The Labute approximate surface area is 229 Å². The monoisotopic (exact) mass is 535 g/mol. The quantitative estimate of drug-likeness (QED) is 0.259. The molecule has 1 aliphatic carbocycles. The molecule has 0 unspecified atom stereocenters. The minimum absolute atomic E-state index is 0.0922. The van der Waals surface area contributed by atoms with Gasteiger partial charge in [0.15, 0.2) is 0 Å². The molecule has 1 aromatic carbocycles. The summed E-state index contributed by atoms with van der Waals surface area (Å²) in [7, 11) is 0. The van der Waals surface area contributed by atoms with Crippen molar-refractivity contribution in [3.05, 3.63) is 47.0 Å². The molecule has 202 valence electrons. The summed E-state index contributed by atoms with van der Waals surface area (Å²) in [6.07, 6.45) is 9.68. The van der Waals surface area contributed by atoms with Gasteiger partial charge in [0.1, 0.15) is 11.6 Å².